The Bertz CT molecular complexity index is 323. The zero-order valence-electron chi connectivity index (χ0n) is 7.17. The standard InChI is InChI=1S/C7H5F3O2S.K/c8-7(9,10)5-1-3-6(4-2-5)13(11)12;/h1-4H,(H,11,12);/q;+1/p-1. The van der Waals surface area contributed by atoms with Crippen LogP contribution in [0.1, 0.15) is 5.56 Å². The molecule has 1 unspecified atom stereocenters. The molecule has 1 aromatic rings. The topological polar surface area (TPSA) is 40.1 Å². The van der Waals surface area contributed by atoms with E-state index in [1.54, 1.807) is 0 Å². The van der Waals surface area contributed by atoms with Gasteiger partial charge < -0.3 is 4.55 Å². The second-order valence-electron chi connectivity index (χ2n) is 2.26. The molecule has 0 N–H and O–H groups in total. The Balaban J connectivity index is 0.00000169. The van der Waals surface area contributed by atoms with Crippen LogP contribution >= 0.6 is 0 Å². The third-order valence-corrected chi connectivity index (χ3v) is 2.03. The largest absolute Gasteiger partial charge is 1.00 e. The molecule has 0 saturated heterocycles. The maximum Gasteiger partial charge on any atom is 1.00 e. The van der Waals surface area contributed by atoms with Gasteiger partial charge in [-0.15, -0.1) is 0 Å². The first kappa shape index (κ1) is 14.8. The van der Waals surface area contributed by atoms with E-state index in [1.165, 1.54) is 0 Å². The summed E-state index contributed by atoms with van der Waals surface area (Å²) in [7, 11) is 0. The van der Waals surface area contributed by atoms with Gasteiger partial charge in [0.2, 0.25) is 0 Å². The third kappa shape index (κ3) is 4.09. The normalized spacial score (nSPS) is 13.1. The van der Waals surface area contributed by atoms with Gasteiger partial charge in [-0.3, -0.25) is 4.21 Å². The van der Waals surface area contributed by atoms with Gasteiger partial charge in [-0.2, -0.15) is 13.2 Å². The van der Waals surface area contributed by atoms with Crippen molar-refractivity contribution in [1.82, 2.24) is 0 Å². The molecule has 0 aliphatic rings. The SMILES string of the molecule is O=S([O-])c1ccc(C(F)(F)F)cc1.[K+]. The molecule has 0 saturated carbocycles. The van der Waals surface area contributed by atoms with Crippen LogP contribution in [-0.4, -0.2) is 8.76 Å². The van der Waals surface area contributed by atoms with Crippen molar-refractivity contribution >= 4 is 11.1 Å². The summed E-state index contributed by atoms with van der Waals surface area (Å²) in [6, 6.07) is 3.27. The Morgan fingerprint density at radius 1 is 1.14 bits per heavy atom. The summed E-state index contributed by atoms with van der Waals surface area (Å²) in [5.74, 6) is 0. The molecule has 1 rings (SSSR count). The first-order valence-electron chi connectivity index (χ1n) is 3.18. The fourth-order valence-corrected chi connectivity index (χ4v) is 1.11. The van der Waals surface area contributed by atoms with Crippen molar-refractivity contribution in [2.45, 2.75) is 11.1 Å². The summed E-state index contributed by atoms with van der Waals surface area (Å²) in [6.45, 7) is 0. The van der Waals surface area contributed by atoms with E-state index in [-0.39, 0.29) is 56.3 Å². The molecule has 0 aromatic heterocycles. The average molecular weight is 248 g/mol. The van der Waals surface area contributed by atoms with Gasteiger partial charge in [0.1, 0.15) is 0 Å². The molecular weight excluding hydrogens is 244 g/mol. The van der Waals surface area contributed by atoms with Gasteiger partial charge in [-0.25, -0.2) is 0 Å². The molecule has 2 nitrogen and oxygen atoms in total. The van der Waals surface area contributed by atoms with E-state index in [1.807, 2.05) is 0 Å². The van der Waals surface area contributed by atoms with Crippen molar-refractivity contribution in [3.63, 3.8) is 0 Å². The van der Waals surface area contributed by atoms with E-state index in [2.05, 4.69) is 0 Å². The first-order valence-corrected chi connectivity index (χ1v) is 4.25. The van der Waals surface area contributed by atoms with Crippen LogP contribution in [0.25, 0.3) is 0 Å². The van der Waals surface area contributed by atoms with Crippen molar-refractivity contribution in [3.05, 3.63) is 29.8 Å². The zero-order valence-corrected chi connectivity index (χ0v) is 11.1. The fourth-order valence-electron chi connectivity index (χ4n) is 0.755. The molecule has 14 heavy (non-hydrogen) atoms. The molecule has 1 atom stereocenters. The van der Waals surface area contributed by atoms with Crippen LogP contribution in [0.5, 0.6) is 0 Å². The van der Waals surface area contributed by atoms with Gasteiger partial charge in [0, 0.05) is 4.90 Å². The van der Waals surface area contributed by atoms with Gasteiger partial charge in [0.15, 0.2) is 0 Å². The Labute approximate surface area is 124 Å². The summed E-state index contributed by atoms with van der Waals surface area (Å²) < 4.78 is 56.5. The van der Waals surface area contributed by atoms with Crippen molar-refractivity contribution in [2.75, 3.05) is 0 Å². The van der Waals surface area contributed by atoms with Crippen LogP contribution in [0, 0.1) is 0 Å². The molecule has 0 radical (unpaired) electrons. The number of benzene rings is 1. The Morgan fingerprint density at radius 3 is 1.86 bits per heavy atom. The second-order valence-corrected chi connectivity index (χ2v) is 3.20. The molecule has 0 heterocycles. The van der Waals surface area contributed by atoms with Crippen LogP contribution in [0.15, 0.2) is 29.2 Å². The molecule has 7 heteroatoms. The molecule has 0 amide bonds. The smallest absolute Gasteiger partial charge is 0.768 e. The summed E-state index contributed by atoms with van der Waals surface area (Å²) >= 11 is -2.48. The third-order valence-electron chi connectivity index (χ3n) is 1.37. The number of rotatable bonds is 1. The minimum absolute atomic E-state index is 0. The monoisotopic (exact) mass is 248 g/mol. The summed E-state index contributed by atoms with van der Waals surface area (Å²) in [6.07, 6.45) is -4.43. The van der Waals surface area contributed by atoms with Crippen molar-refractivity contribution in [3.8, 4) is 0 Å². The summed E-state index contributed by atoms with van der Waals surface area (Å²) in [5, 5.41) is 0. The molecule has 72 valence electrons. The Kier molecular flexibility index (Phi) is 6.04. The van der Waals surface area contributed by atoms with Gasteiger partial charge >= 0.3 is 57.6 Å². The summed E-state index contributed by atoms with van der Waals surface area (Å²) in [5.41, 5.74) is -0.860. The van der Waals surface area contributed by atoms with Gasteiger partial charge in [0.25, 0.3) is 0 Å². The molecule has 0 fully saturated rings. The number of hydrogen-bond donors (Lipinski definition) is 0. The van der Waals surface area contributed by atoms with Gasteiger partial charge in [0.05, 0.1) is 5.56 Å². The van der Waals surface area contributed by atoms with E-state index < -0.39 is 22.8 Å². The number of halogens is 3. The average Bonchev–Trinajstić information content (AvgIpc) is 2.03. The molecule has 0 aliphatic carbocycles. The van der Waals surface area contributed by atoms with Crippen LogP contribution < -0.4 is 51.4 Å². The molecule has 0 aliphatic heterocycles. The van der Waals surface area contributed by atoms with E-state index in [0.717, 1.165) is 24.3 Å². The van der Waals surface area contributed by atoms with Crippen molar-refractivity contribution < 1.29 is 73.3 Å². The quantitative estimate of drug-likeness (QED) is 0.470. The molecule has 0 spiro atoms. The molecule has 0 bridgehead atoms. The van der Waals surface area contributed by atoms with Crippen LogP contribution in [0.3, 0.4) is 0 Å². The molecular formula is C7H4F3KO2S. The number of alkyl halides is 3. The van der Waals surface area contributed by atoms with E-state index in [4.69, 9.17) is 0 Å². The fraction of sp³-hybridized carbons (Fsp3) is 0.143. The van der Waals surface area contributed by atoms with Crippen molar-refractivity contribution in [1.29, 1.82) is 0 Å². The Morgan fingerprint density at radius 2 is 1.57 bits per heavy atom. The van der Waals surface area contributed by atoms with E-state index in [9.17, 15) is 21.9 Å². The predicted octanol–water partition coefficient (Wildman–Crippen LogP) is -1.05. The van der Waals surface area contributed by atoms with Gasteiger partial charge in [-0.05, 0) is 35.3 Å². The van der Waals surface area contributed by atoms with Crippen molar-refractivity contribution in [2.24, 2.45) is 0 Å². The summed E-state index contributed by atoms with van der Waals surface area (Å²) in [4.78, 5) is -0.159. The number of hydrogen-bond acceptors (Lipinski definition) is 2. The molecule has 1 aromatic carbocycles. The predicted molar refractivity (Wildman–Crippen MR) is 38.6 cm³/mol. The minimum atomic E-state index is -4.43. The van der Waals surface area contributed by atoms with Gasteiger partial charge in [-0.1, -0.05) is 0 Å². The van der Waals surface area contributed by atoms with Crippen LogP contribution in [0.4, 0.5) is 13.2 Å². The minimum Gasteiger partial charge on any atom is -0.768 e. The van der Waals surface area contributed by atoms with E-state index >= 15 is 0 Å². The Hall–Kier alpha value is 0.756. The van der Waals surface area contributed by atoms with Crippen LogP contribution in [-0.2, 0) is 17.3 Å². The second kappa shape index (κ2) is 5.74. The van der Waals surface area contributed by atoms with E-state index in [0.29, 0.717) is 0 Å². The zero-order chi connectivity index (χ0) is 10.1. The maximum absolute atomic E-state index is 12.0. The van der Waals surface area contributed by atoms with Crippen LogP contribution in [0.2, 0.25) is 0 Å². The first-order chi connectivity index (χ1) is 5.91. The maximum atomic E-state index is 12.0.